The van der Waals surface area contributed by atoms with E-state index < -0.39 is 17.5 Å². The van der Waals surface area contributed by atoms with Crippen LogP contribution in [0.25, 0.3) is 0 Å². The molecular formula is C25H41NO5. The summed E-state index contributed by atoms with van der Waals surface area (Å²) in [7, 11) is 0. The molecule has 0 saturated carbocycles. The van der Waals surface area contributed by atoms with Crippen molar-refractivity contribution in [1.82, 2.24) is 0 Å². The topological polar surface area (TPSA) is 98.1 Å². The predicted octanol–water partition coefficient (Wildman–Crippen LogP) is 5.57. The lowest BCUT2D eigenvalue weighted by Gasteiger charge is -2.26. The monoisotopic (exact) mass is 435 g/mol. The summed E-state index contributed by atoms with van der Waals surface area (Å²) in [5.41, 5.74) is -2.14. The minimum Gasteiger partial charge on any atom is -0.478 e. The molecule has 6 nitrogen and oxygen atoms in total. The number of carbonyl (C=O) groups is 2. The summed E-state index contributed by atoms with van der Waals surface area (Å²) in [4.78, 5) is 25.0. The summed E-state index contributed by atoms with van der Waals surface area (Å²) in [6.07, 6.45) is 14.6. The maximum atomic E-state index is 11.3. The zero-order chi connectivity index (χ0) is 23.1. The van der Waals surface area contributed by atoms with Crippen LogP contribution in [0.1, 0.15) is 96.5 Å². The Morgan fingerprint density at radius 2 is 1.10 bits per heavy atom. The molecular weight excluding hydrogens is 394 g/mol. The molecule has 3 N–H and O–H groups in total. The third-order valence-corrected chi connectivity index (χ3v) is 5.83. The van der Waals surface area contributed by atoms with Gasteiger partial charge in [-0.15, -0.1) is 0 Å². The van der Waals surface area contributed by atoms with E-state index in [2.05, 4.69) is 18.7 Å². The van der Waals surface area contributed by atoms with Crippen molar-refractivity contribution in [3.8, 4) is 0 Å². The Bertz CT molecular complexity index is 614. The van der Waals surface area contributed by atoms with Crippen molar-refractivity contribution >= 4 is 17.6 Å². The largest absolute Gasteiger partial charge is 0.478 e. The molecule has 0 unspecified atom stereocenters. The van der Waals surface area contributed by atoms with Crippen LogP contribution in [0.4, 0.5) is 5.69 Å². The van der Waals surface area contributed by atoms with Crippen molar-refractivity contribution < 1.29 is 24.9 Å². The van der Waals surface area contributed by atoms with E-state index in [4.69, 9.17) is 0 Å². The summed E-state index contributed by atoms with van der Waals surface area (Å²) >= 11 is 0. The van der Waals surface area contributed by atoms with Crippen molar-refractivity contribution in [3.63, 3.8) is 0 Å². The molecule has 1 aromatic rings. The standard InChI is InChI=1S/C25H41NO5/c1-3-5-7-9-11-13-19-26(20-14-12-10-8-6-4-2)22-17-15-21(16-18-22)25(31,23(27)28)24(29)30/h15-18,31H,3-14,19-20H2,1-2H3,(H,27,28)(H,29,30). The maximum Gasteiger partial charge on any atom is 0.352 e. The second kappa shape index (κ2) is 14.8. The van der Waals surface area contributed by atoms with Crippen LogP contribution >= 0.6 is 0 Å². The van der Waals surface area contributed by atoms with Crippen molar-refractivity contribution in [3.05, 3.63) is 29.8 Å². The fourth-order valence-electron chi connectivity index (χ4n) is 3.79. The molecule has 0 atom stereocenters. The lowest BCUT2D eigenvalue weighted by Crippen LogP contribution is -2.43. The minimum atomic E-state index is -2.93. The zero-order valence-corrected chi connectivity index (χ0v) is 19.3. The Labute approximate surface area is 187 Å². The van der Waals surface area contributed by atoms with Gasteiger partial charge in [0.15, 0.2) is 0 Å². The van der Waals surface area contributed by atoms with Crippen LogP contribution in [0, 0.1) is 0 Å². The first-order chi connectivity index (χ1) is 14.9. The van der Waals surface area contributed by atoms with Gasteiger partial charge in [0.2, 0.25) is 0 Å². The summed E-state index contributed by atoms with van der Waals surface area (Å²) in [6.45, 7) is 6.26. The highest BCUT2D eigenvalue weighted by Gasteiger charge is 2.46. The summed E-state index contributed by atoms with van der Waals surface area (Å²) < 4.78 is 0. The third-order valence-electron chi connectivity index (χ3n) is 5.83. The predicted molar refractivity (Wildman–Crippen MR) is 125 cm³/mol. The fraction of sp³-hybridized carbons (Fsp3) is 0.680. The van der Waals surface area contributed by atoms with E-state index in [1.54, 1.807) is 12.1 Å². The van der Waals surface area contributed by atoms with Crippen LogP contribution in [0.3, 0.4) is 0 Å². The number of rotatable bonds is 18. The van der Waals surface area contributed by atoms with Crippen LogP contribution in [-0.4, -0.2) is 40.3 Å². The molecule has 31 heavy (non-hydrogen) atoms. The van der Waals surface area contributed by atoms with Crippen molar-refractivity contribution in [2.75, 3.05) is 18.0 Å². The Morgan fingerprint density at radius 1 is 0.710 bits per heavy atom. The van der Waals surface area contributed by atoms with Crippen LogP contribution in [-0.2, 0) is 15.2 Å². The molecule has 0 aromatic heterocycles. The first-order valence-electron chi connectivity index (χ1n) is 11.9. The normalized spacial score (nSPS) is 11.5. The number of anilines is 1. The summed E-state index contributed by atoms with van der Waals surface area (Å²) in [5, 5.41) is 28.5. The quantitative estimate of drug-likeness (QED) is 0.206. The van der Waals surface area contributed by atoms with E-state index in [1.807, 2.05) is 0 Å². The second-order valence-electron chi connectivity index (χ2n) is 8.39. The van der Waals surface area contributed by atoms with E-state index in [1.165, 1.54) is 76.3 Å². The molecule has 1 rings (SSSR count). The van der Waals surface area contributed by atoms with Crippen LogP contribution < -0.4 is 4.90 Å². The Kier molecular flexibility index (Phi) is 12.9. The van der Waals surface area contributed by atoms with E-state index in [0.29, 0.717) is 0 Å². The van der Waals surface area contributed by atoms with Gasteiger partial charge in [-0.3, -0.25) is 0 Å². The number of aliphatic hydroxyl groups is 1. The fourth-order valence-corrected chi connectivity index (χ4v) is 3.79. The summed E-state index contributed by atoms with van der Waals surface area (Å²) in [6, 6.07) is 6.26. The molecule has 0 fully saturated rings. The van der Waals surface area contributed by atoms with E-state index in [0.717, 1.165) is 31.6 Å². The number of unbranched alkanes of at least 4 members (excludes halogenated alkanes) is 10. The van der Waals surface area contributed by atoms with Crippen molar-refractivity contribution in [2.24, 2.45) is 0 Å². The first kappa shape index (κ1) is 27.0. The first-order valence-corrected chi connectivity index (χ1v) is 11.9. The van der Waals surface area contributed by atoms with E-state index in [-0.39, 0.29) is 5.56 Å². The average molecular weight is 436 g/mol. The average Bonchev–Trinajstić information content (AvgIpc) is 2.76. The Balaban J connectivity index is 2.78. The van der Waals surface area contributed by atoms with Crippen LogP contribution in [0.15, 0.2) is 24.3 Å². The number of hydrogen-bond acceptors (Lipinski definition) is 4. The van der Waals surface area contributed by atoms with Crippen molar-refractivity contribution in [2.45, 2.75) is 96.5 Å². The van der Waals surface area contributed by atoms with Gasteiger partial charge in [-0.1, -0.05) is 90.2 Å². The molecule has 6 heteroatoms. The molecule has 0 aliphatic rings. The van der Waals surface area contributed by atoms with Gasteiger partial charge >= 0.3 is 11.9 Å². The highest BCUT2D eigenvalue weighted by Crippen LogP contribution is 2.26. The van der Waals surface area contributed by atoms with E-state index >= 15 is 0 Å². The lowest BCUT2D eigenvalue weighted by atomic mass is 9.94. The molecule has 0 aliphatic carbocycles. The highest BCUT2D eigenvalue weighted by atomic mass is 16.4. The van der Waals surface area contributed by atoms with Crippen molar-refractivity contribution in [1.29, 1.82) is 0 Å². The number of benzene rings is 1. The second-order valence-corrected chi connectivity index (χ2v) is 8.39. The molecule has 0 spiro atoms. The number of carboxylic acids is 2. The Hall–Kier alpha value is -2.08. The van der Waals surface area contributed by atoms with Gasteiger partial charge in [0.25, 0.3) is 5.60 Å². The van der Waals surface area contributed by atoms with Crippen LogP contribution in [0.2, 0.25) is 0 Å². The number of carboxylic acid groups (broad SMARTS) is 2. The molecule has 1 aromatic carbocycles. The molecule has 176 valence electrons. The van der Waals surface area contributed by atoms with Gasteiger partial charge in [0.05, 0.1) is 0 Å². The third kappa shape index (κ3) is 8.90. The van der Waals surface area contributed by atoms with Crippen LogP contribution in [0.5, 0.6) is 0 Å². The molecule has 0 saturated heterocycles. The lowest BCUT2D eigenvalue weighted by molar-refractivity contribution is -0.177. The van der Waals surface area contributed by atoms with Gasteiger partial charge in [-0.25, -0.2) is 9.59 Å². The molecule has 0 bridgehead atoms. The highest BCUT2D eigenvalue weighted by molar-refractivity contribution is 6.02. The van der Waals surface area contributed by atoms with Gasteiger partial charge in [0, 0.05) is 24.3 Å². The maximum absolute atomic E-state index is 11.3. The van der Waals surface area contributed by atoms with E-state index in [9.17, 15) is 24.9 Å². The molecule has 0 aliphatic heterocycles. The molecule has 0 amide bonds. The number of nitrogens with zero attached hydrogens (tertiary/aromatic N) is 1. The SMILES string of the molecule is CCCCCCCCN(CCCCCCCC)c1ccc(C(O)(C(=O)O)C(=O)O)cc1. The number of hydrogen-bond donors (Lipinski definition) is 3. The number of aliphatic carboxylic acids is 2. The molecule has 0 radical (unpaired) electrons. The minimum absolute atomic E-state index is 0.143. The van der Waals surface area contributed by atoms with Gasteiger partial charge < -0.3 is 20.2 Å². The smallest absolute Gasteiger partial charge is 0.352 e. The molecule has 0 heterocycles. The van der Waals surface area contributed by atoms with Gasteiger partial charge in [0.1, 0.15) is 0 Å². The zero-order valence-electron chi connectivity index (χ0n) is 19.3. The summed E-state index contributed by atoms with van der Waals surface area (Å²) in [5.74, 6) is -3.58. The van der Waals surface area contributed by atoms with Gasteiger partial charge in [-0.05, 0) is 25.0 Å². The van der Waals surface area contributed by atoms with Gasteiger partial charge in [-0.2, -0.15) is 0 Å². The Morgan fingerprint density at radius 3 is 1.48 bits per heavy atom.